The van der Waals surface area contributed by atoms with E-state index in [4.69, 9.17) is 0 Å². The molecule has 0 aromatic heterocycles. The first-order valence-electron chi connectivity index (χ1n) is 17.7. The Bertz CT molecular complexity index is 2230. The molecular weight excluding hydrogens is 699 g/mol. The van der Waals surface area contributed by atoms with Gasteiger partial charge in [-0.25, -0.2) is 0 Å². The number of ether oxygens (including phenoxy) is 1. The number of fused-ring (bicyclic) bond motifs is 4. The number of aromatic hydroxyl groups is 2. The number of rotatable bonds is 7. The summed E-state index contributed by atoms with van der Waals surface area (Å²) in [5, 5.41) is 21.2. The van der Waals surface area contributed by atoms with Gasteiger partial charge < -0.3 is 14.9 Å². The first-order chi connectivity index (χ1) is 25.9. The Hall–Kier alpha value is -5.97. The lowest BCUT2D eigenvalue weighted by molar-refractivity contribution is -0.274. The van der Waals surface area contributed by atoms with E-state index in [0.717, 1.165) is 23.8 Å². The molecule has 3 aliphatic carbocycles. The number of hydrogen-bond acceptors (Lipinski definition) is 7. The predicted octanol–water partition coefficient (Wildman–Crippen LogP) is 7.06. The molecular formula is C43H34F3NO7. The Balaban J connectivity index is 1.31. The Labute approximate surface area is 308 Å². The van der Waals surface area contributed by atoms with Gasteiger partial charge in [-0.3, -0.25) is 24.1 Å². The van der Waals surface area contributed by atoms with Crippen molar-refractivity contribution in [2.45, 2.75) is 37.0 Å². The van der Waals surface area contributed by atoms with E-state index in [1.54, 1.807) is 78.9 Å². The summed E-state index contributed by atoms with van der Waals surface area (Å²) in [4.78, 5) is 59.7. The number of hydrogen-bond donors (Lipinski definition) is 2. The summed E-state index contributed by atoms with van der Waals surface area (Å²) in [6.07, 6.45) is -1.56. The Morgan fingerprint density at radius 1 is 0.815 bits per heavy atom. The van der Waals surface area contributed by atoms with E-state index in [9.17, 15) is 33.0 Å². The van der Waals surface area contributed by atoms with Gasteiger partial charge in [0.1, 0.15) is 17.2 Å². The molecule has 2 N–H and O–H groups in total. The first-order valence-corrected chi connectivity index (χ1v) is 17.7. The van der Waals surface area contributed by atoms with Crippen LogP contribution in [-0.2, 0) is 31.0 Å². The van der Waals surface area contributed by atoms with E-state index >= 15 is 9.59 Å². The van der Waals surface area contributed by atoms with Crippen molar-refractivity contribution in [3.63, 3.8) is 0 Å². The van der Waals surface area contributed by atoms with Crippen molar-refractivity contribution >= 4 is 29.0 Å². The Morgan fingerprint density at radius 3 is 2.19 bits per heavy atom. The molecule has 0 radical (unpaired) electrons. The lowest BCUT2D eigenvalue weighted by Gasteiger charge is -2.55. The fourth-order valence-electron chi connectivity index (χ4n) is 9.37. The topological polar surface area (TPSA) is 121 Å². The molecule has 2 fully saturated rings. The highest BCUT2D eigenvalue weighted by molar-refractivity contribution is 6.31. The minimum Gasteiger partial charge on any atom is -0.508 e. The van der Waals surface area contributed by atoms with E-state index in [2.05, 4.69) is 4.74 Å². The third-order valence-electron chi connectivity index (χ3n) is 11.6. The molecule has 0 spiro atoms. The predicted molar refractivity (Wildman–Crippen MR) is 190 cm³/mol. The van der Waals surface area contributed by atoms with Crippen molar-refractivity contribution in [3.05, 3.63) is 143 Å². The molecule has 11 heteroatoms. The summed E-state index contributed by atoms with van der Waals surface area (Å²) in [6.45, 7) is 0.0776. The van der Waals surface area contributed by atoms with Crippen LogP contribution in [0.5, 0.6) is 17.2 Å². The molecule has 1 saturated heterocycles. The van der Waals surface area contributed by atoms with Crippen LogP contribution in [0, 0.1) is 23.7 Å². The van der Waals surface area contributed by atoms with Gasteiger partial charge in [0.05, 0.1) is 17.3 Å². The van der Waals surface area contributed by atoms with Gasteiger partial charge in [-0.05, 0) is 78.3 Å². The second-order valence-electron chi connectivity index (χ2n) is 14.3. The minimum atomic E-state index is -5.06. The van der Waals surface area contributed by atoms with E-state index in [1.807, 2.05) is 0 Å². The monoisotopic (exact) mass is 733 g/mol. The van der Waals surface area contributed by atoms with Crippen LogP contribution in [0.1, 0.15) is 41.0 Å². The van der Waals surface area contributed by atoms with E-state index in [0.29, 0.717) is 23.1 Å². The van der Waals surface area contributed by atoms with Gasteiger partial charge in [0.2, 0.25) is 11.8 Å². The van der Waals surface area contributed by atoms with Crippen LogP contribution in [-0.4, -0.2) is 51.4 Å². The molecule has 1 heterocycles. The van der Waals surface area contributed by atoms with Gasteiger partial charge >= 0.3 is 6.36 Å². The summed E-state index contributed by atoms with van der Waals surface area (Å²) in [7, 11) is 0. The van der Waals surface area contributed by atoms with Gasteiger partial charge in [-0.2, -0.15) is 0 Å². The number of alkyl halides is 3. The summed E-state index contributed by atoms with van der Waals surface area (Å²) in [5.41, 5.74) is 0.578. The van der Waals surface area contributed by atoms with Crippen LogP contribution in [0.3, 0.4) is 0 Å². The largest absolute Gasteiger partial charge is 0.573 e. The van der Waals surface area contributed by atoms with E-state index in [1.165, 1.54) is 23.1 Å². The zero-order chi connectivity index (χ0) is 37.9. The van der Waals surface area contributed by atoms with Crippen LogP contribution < -0.4 is 4.74 Å². The van der Waals surface area contributed by atoms with Crippen molar-refractivity contribution in [1.29, 1.82) is 0 Å². The van der Waals surface area contributed by atoms with Crippen LogP contribution in [0.15, 0.2) is 121 Å². The summed E-state index contributed by atoms with van der Waals surface area (Å²) >= 11 is 0. The van der Waals surface area contributed by atoms with Gasteiger partial charge in [0.25, 0.3) is 0 Å². The molecule has 6 atom stereocenters. The number of carbonyl (C=O) groups excluding carboxylic acids is 4. The minimum absolute atomic E-state index is 0.00251. The maximum absolute atomic E-state index is 15.1. The van der Waals surface area contributed by atoms with Gasteiger partial charge in [0.15, 0.2) is 11.6 Å². The van der Waals surface area contributed by atoms with Crippen molar-refractivity contribution in [2.75, 3.05) is 6.54 Å². The SMILES string of the molecule is O=C1C(c2ccccc2)=CC(=O)C2(c3ccccc3)C1CC1C(=CCC3C(=O)N(CCc4ccc(O)cc4)C(=O)C31)C2c1cc(OC(F)(F)F)ccc1O. The smallest absolute Gasteiger partial charge is 0.508 e. The van der Waals surface area contributed by atoms with Crippen LogP contribution in [0.25, 0.3) is 5.57 Å². The molecule has 54 heavy (non-hydrogen) atoms. The lowest BCUT2D eigenvalue weighted by atomic mass is 9.44. The number of likely N-dealkylation sites (tertiary alicyclic amines) is 1. The maximum atomic E-state index is 15.1. The maximum Gasteiger partial charge on any atom is 0.573 e. The van der Waals surface area contributed by atoms with Crippen molar-refractivity contribution in [3.8, 4) is 17.2 Å². The normalized spacial score (nSPS) is 26.4. The number of Topliss-reactive ketones (excluding diaryl/α,β-unsaturated/α-hetero) is 1. The molecule has 8 rings (SSSR count). The molecule has 1 saturated carbocycles. The van der Waals surface area contributed by atoms with Gasteiger partial charge in [-0.1, -0.05) is 84.4 Å². The summed E-state index contributed by atoms with van der Waals surface area (Å²) < 4.78 is 45.0. The zero-order valence-electron chi connectivity index (χ0n) is 28.7. The Kier molecular flexibility index (Phi) is 8.55. The second kappa shape index (κ2) is 13.2. The standard InChI is InChI=1S/C43H34F3NO7/c44-43(45,46)54-28-15-18-35(49)33(21-28)38-29-16-17-30-37(41(53)47(40(30)52)20-19-24-11-13-27(48)14-12-24)32(29)22-34-39(51)31(25-7-3-1-4-8-25)23-36(50)42(34,38)26-9-5-2-6-10-26/h1-16,18,21,23,30,32,34,37-38,48-49H,17,19-20,22H2. The highest BCUT2D eigenvalue weighted by Gasteiger charge is 2.66. The lowest BCUT2D eigenvalue weighted by Crippen LogP contribution is -2.58. The molecule has 4 aromatic carbocycles. The van der Waals surface area contributed by atoms with Crippen molar-refractivity contribution in [1.82, 2.24) is 4.90 Å². The van der Waals surface area contributed by atoms with Crippen LogP contribution in [0.2, 0.25) is 0 Å². The molecule has 4 aliphatic rings. The molecule has 4 aromatic rings. The number of phenolic OH excluding ortho intramolecular Hbond substituents is 2. The number of halogens is 3. The quantitative estimate of drug-likeness (QED) is 0.154. The molecule has 8 nitrogen and oxygen atoms in total. The number of ketones is 2. The Morgan fingerprint density at radius 2 is 1.50 bits per heavy atom. The highest BCUT2D eigenvalue weighted by Crippen LogP contribution is 2.64. The molecule has 2 amide bonds. The van der Waals surface area contributed by atoms with E-state index < -0.39 is 64.6 Å². The zero-order valence-corrected chi connectivity index (χ0v) is 28.7. The fourth-order valence-corrected chi connectivity index (χ4v) is 9.37. The molecule has 1 aliphatic heterocycles. The number of benzene rings is 4. The summed E-state index contributed by atoms with van der Waals surface area (Å²) in [5.74, 6) is -7.45. The summed E-state index contributed by atoms with van der Waals surface area (Å²) in [6, 6.07) is 26.7. The average molecular weight is 734 g/mol. The first kappa shape index (κ1) is 35.1. The van der Waals surface area contributed by atoms with Crippen LogP contribution in [0.4, 0.5) is 13.2 Å². The highest BCUT2D eigenvalue weighted by atomic mass is 19.4. The number of imide groups is 1. The van der Waals surface area contributed by atoms with Crippen molar-refractivity contribution in [2.24, 2.45) is 23.7 Å². The number of carbonyl (C=O) groups is 4. The number of allylic oxidation sites excluding steroid dienone is 4. The number of nitrogens with zero attached hydrogens (tertiary/aromatic N) is 1. The van der Waals surface area contributed by atoms with Gasteiger partial charge in [-0.15, -0.1) is 13.2 Å². The van der Waals surface area contributed by atoms with Crippen LogP contribution >= 0.6 is 0 Å². The molecule has 6 unspecified atom stereocenters. The number of amides is 2. The number of phenols is 2. The third kappa shape index (κ3) is 5.69. The van der Waals surface area contributed by atoms with E-state index in [-0.39, 0.29) is 48.0 Å². The average Bonchev–Trinajstić information content (AvgIpc) is 3.41. The molecule has 0 bridgehead atoms. The second-order valence-corrected chi connectivity index (χ2v) is 14.3. The third-order valence-corrected chi connectivity index (χ3v) is 11.6. The van der Waals surface area contributed by atoms with Crippen molar-refractivity contribution < 1.29 is 47.3 Å². The molecule has 274 valence electrons. The van der Waals surface area contributed by atoms with Gasteiger partial charge in [0, 0.05) is 29.5 Å². The fraction of sp³-hybridized carbons (Fsp3) is 0.256.